The number of hydrogen-bond acceptors (Lipinski definition) is 2. The molecule has 0 amide bonds. The van der Waals surface area contributed by atoms with Crippen LogP contribution in [0.15, 0.2) is 17.8 Å². The lowest BCUT2D eigenvalue weighted by Gasteiger charge is -2.28. The Balaban J connectivity index is 2.12. The van der Waals surface area contributed by atoms with Crippen molar-refractivity contribution in [1.82, 2.24) is 5.01 Å². The first-order valence-corrected chi connectivity index (χ1v) is 5.13. The van der Waals surface area contributed by atoms with Gasteiger partial charge < -0.3 is 0 Å². The largest absolute Gasteiger partial charge is 0.287 e. The fourth-order valence-electron chi connectivity index (χ4n) is 2.44. The minimum absolute atomic E-state index is 0.391. The Labute approximate surface area is 80.3 Å². The molecular formula is C11H18N2. The minimum Gasteiger partial charge on any atom is -0.287 e. The topological polar surface area (TPSA) is 15.6 Å². The summed E-state index contributed by atoms with van der Waals surface area (Å²) < 4.78 is 0. The number of hydrogen-bond donors (Lipinski definition) is 0. The van der Waals surface area contributed by atoms with E-state index in [1.54, 1.807) is 0 Å². The van der Waals surface area contributed by atoms with Crippen LogP contribution in [0.5, 0.6) is 0 Å². The van der Waals surface area contributed by atoms with Crippen molar-refractivity contribution in [3.8, 4) is 0 Å². The van der Waals surface area contributed by atoms with Gasteiger partial charge in [0.2, 0.25) is 0 Å². The van der Waals surface area contributed by atoms with Crippen LogP contribution in [0.2, 0.25) is 0 Å². The second-order valence-corrected chi connectivity index (χ2v) is 4.51. The van der Waals surface area contributed by atoms with Crippen molar-refractivity contribution in [2.45, 2.75) is 32.2 Å². The van der Waals surface area contributed by atoms with Gasteiger partial charge in [-0.15, -0.1) is 6.58 Å². The summed E-state index contributed by atoms with van der Waals surface area (Å²) in [4.78, 5) is 0. The molecule has 1 saturated carbocycles. The first-order valence-electron chi connectivity index (χ1n) is 5.13. The molecule has 2 nitrogen and oxygen atoms in total. The minimum atomic E-state index is 0.391. The van der Waals surface area contributed by atoms with Crippen LogP contribution in [-0.4, -0.2) is 23.3 Å². The zero-order valence-electron chi connectivity index (χ0n) is 8.53. The van der Waals surface area contributed by atoms with Crippen LogP contribution >= 0.6 is 0 Å². The van der Waals surface area contributed by atoms with Gasteiger partial charge in [0, 0.05) is 12.1 Å². The molecule has 0 aromatic heterocycles. The highest BCUT2D eigenvalue weighted by Gasteiger charge is 2.56. The van der Waals surface area contributed by atoms with Gasteiger partial charge in [-0.3, -0.25) is 5.01 Å². The monoisotopic (exact) mass is 178 g/mol. The maximum atomic E-state index is 4.48. The van der Waals surface area contributed by atoms with E-state index in [1.165, 1.54) is 12.8 Å². The Morgan fingerprint density at radius 2 is 2.38 bits per heavy atom. The summed E-state index contributed by atoms with van der Waals surface area (Å²) >= 11 is 0. The number of nitrogens with zero attached hydrogens (tertiary/aromatic N) is 2. The molecule has 2 aliphatic rings. The van der Waals surface area contributed by atoms with Crippen molar-refractivity contribution in [2.75, 3.05) is 6.54 Å². The smallest absolute Gasteiger partial charge is 0.0665 e. The van der Waals surface area contributed by atoms with Gasteiger partial charge in [0.05, 0.1) is 12.1 Å². The quantitative estimate of drug-likeness (QED) is 0.605. The van der Waals surface area contributed by atoms with Crippen LogP contribution in [0.1, 0.15) is 26.7 Å². The molecule has 0 aromatic carbocycles. The van der Waals surface area contributed by atoms with E-state index in [4.69, 9.17) is 0 Å². The van der Waals surface area contributed by atoms with Crippen molar-refractivity contribution in [3.63, 3.8) is 0 Å². The highest BCUT2D eigenvalue weighted by Crippen LogP contribution is 2.52. The molecule has 2 heteroatoms. The van der Waals surface area contributed by atoms with Crippen molar-refractivity contribution >= 4 is 6.21 Å². The van der Waals surface area contributed by atoms with Crippen molar-refractivity contribution < 1.29 is 0 Å². The van der Waals surface area contributed by atoms with Gasteiger partial charge in [-0.2, -0.15) is 5.10 Å². The van der Waals surface area contributed by atoms with E-state index in [0.29, 0.717) is 17.4 Å². The molecule has 0 bridgehead atoms. The van der Waals surface area contributed by atoms with E-state index in [-0.39, 0.29) is 0 Å². The standard InChI is InChI=1S/C11H18N2/c1-4-7-13-11(5-6-11)10(8-12-13)9(2)3/h4,8-10H,1,5-7H2,2-3H3. The summed E-state index contributed by atoms with van der Waals surface area (Å²) in [6.07, 6.45) is 6.70. The summed E-state index contributed by atoms with van der Waals surface area (Å²) in [6.45, 7) is 9.25. The van der Waals surface area contributed by atoms with Gasteiger partial charge in [0.25, 0.3) is 0 Å². The summed E-state index contributed by atoms with van der Waals surface area (Å²) in [5.74, 6) is 1.37. The Hall–Kier alpha value is -0.790. The molecule has 1 aliphatic heterocycles. The van der Waals surface area contributed by atoms with Crippen molar-refractivity contribution in [1.29, 1.82) is 0 Å². The zero-order valence-corrected chi connectivity index (χ0v) is 8.53. The molecule has 1 aliphatic carbocycles. The van der Waals surface area contributed by atoms with Gasteiger partial charge in [-0.25, -0.2) is 0 Å². The van der Waals surface area contributed by atoms with E-state index in [9.17, 15) is 0 Å². The second kappa shape index (κ2) is 2.86. The highest BCUT2D eigenvalue weighted by atomic mass is 15.5. The van der Waals surface area contributed by atoms with Crippen LogP contribution in [0.25, 0.3) is 0 Å². The molecular weight excluding hydrogens is 160 g/mol. The molecule has 0 aromatic rings. The van der Waals surface area contributed by atoms with Gasteiger partial charge in [-0.1, -0.05) is 19.9 Å². The molecule has 1 fully saturated rings. The van der Waals surface area contributed by atoms with Crippen LogP contribution in [0, 0.1) is 11.8 Å². The molecule has 2 rings (SSSR count). The normalized spacial score (nSPS) is 28.8. The average molecular weight is 178 g/mol. The van der Waals surface area contributed by atoms with E-state index in [1.807, 2.05) is 6.08 Å². The van der Waals surface area contributed by atoms with E-state index < -0.39 is 0 Å². The SMILES string of the molecule is C=CCN1N=CC(C(C)C)C12CC2. The Morgan fingerprint density at radius 1 is 1.69 bits per heavy atom. The van der Waals surface area contributed by atoms with Crippen molar-refractivity contribution in [3.05, 3.63) is 12.7 Å². The predicted octanol–water partition coefficient (Wildman–Crippen LogP) is 2.28. The molecule has 0 radical (unpaired) electrons. The average Bonchev–Trinajstić information content (AvgIpc) is 2.74. The van der Waals surface area contributed by atoms with E-state index in [2.05, 4.69) is 36.8 Å². The maximum Gasteiger partial charge on any atom is 0.0665 e. The first-order chi connectivity index (χ1) is 6.20. The summed E-state index contributed by atoms with van der Waals surface area (Å²) in [6, 6.07) is 0. The van der Waals surface area contributed by atoms with E-state index in [0.717, 1.165) is 6.54 Å². The van der Waals surface area contributed by atoms with Gasteiger partial charge in [0.1, 0.15) is 0 Å². The molecule has 1 heterocycles. The van der Waals surface area contributed by atoms with Crippen LogP contribution < -0.4 is 0 Å². The van der Waals surface area contributed by atoms with E-state index >= 15 is 0 Å². The first kappa shape index (κ1) is 8.79. The molecule has 72 valence electrons. The second-order valence-electron chi connectivity index (χ2n) is 4.51. The maximum absolute atomic E-state index is 4.48. The third-order valence-corrected chi connectivity index (χ3v) is 3.28. The fraction of sp³-hybridized carbons (Fsp3) is 0.727. The Kier molecular flexibility index (Phi) is 1.94. The number of rotatable bonds is 3. The summed E-state index contributed by atoms with van der Waals surface area (Å²) in [5.41, 5.74) is 0.391. The summed E-state index contributed by atoms with van der Waals surface area (Å²) in [7, 11) is 0. The zero-order chi connectivity index (χ0) is 9.47. The van der Waals surface area contributed by atoms with Crippen LogP contribution in [0.3, 0.4) is 0 Å². The lowest BCUT2D eigenvalue weighted by atomic mass is 9.88. The third-order valence-electron chi connectivity index (χ3n) is 3.28. The Morgan fingerprint density at radius 3 is 2.85 bits per heavy atom. The summed E-state index contributed by atoms with van der Waals surface area (Å²) in [5, 5.41) is 6.71. The fourth-order valence-corrected chi connectivity index (χ4v) is 2.44. The molecule has 0 saturated heterocycles. The third kappa shape index (κ3) is 1.19. The lowest BCUT2D eigenvalue weighted by Crippen LogP contribution is -2.36. The Bertz CT molecular complexity index is 238. The lowest BCUT2D eigenvalue weighted by molar-refractivity contribution is 0.178. The van der Waals surface area contributed by atoms with Crippen LogP contribution in [0.4, 0.5) is 0 Å². The van der Waals surface area contributed by atoms with Gasteiger partial charge in [0.15, 0.2) is 0 Å². The van der Waals surface area contributed by atoms with Crippen LogP contribution in [-0.2, 0) is 0 Å². The molecule has 1 atom stereocenters. The highest BCUT2D eigenvalue weighted by molar-refractivity contribution is 5.67. The molecule has 1 unspecified atom stereocenters. The van der Waals surface area contributed by atoms with Gasteiger partial charge in [-0.05, 0) is 18.8 Å². The molecule has 0 N–H and O–H groups in total. The van der Waals surface area contributed by atoms with Crippen molar-refractivity contribution in [2.24, 2.45) is 16.9 Å². The molecule has 13 heavy (non-hydrogen) atoms. The number of hydrazone groups is 1. The molecule has 1 spiro atoms. The van der Waals surface area contributed by atoms with Gasteiger partial charge >= 0.3 is 0 Å². The predicted molar refractivity (Wildman–Crippen MR) is 55.7 cm³/mol.